The summed E-state index contributed by atoms with van der Waals surface area (Å²) in [7, 11) is 0. The van der Waals surface area contributed by atoms with Gasteiger partial charge in [-0.05, 0) is 61.2 Å². The third-order valence-corrected chi connectivity index (χ3v) is 10.9. The Balaban J connectivity index is 1.36. The van der Waals surface area contributed by atoms with E-state index < -0.39 is 130 Å². The number of fused-ring (bicyclic) bond motifs is 4. The molecule has 308 valence electrons. The highest BCUT2D eigenvalue weighted by molar-refractivity contribution is 6.24. The van der Waals surface area contributed by atoms with Gasteiger partial charge < -0.3 is 9.84 Å². The summed E-state index contributed by atoms with van der Waals surface area (Å²) in [5.41, 5.74) is -9.07. The molecule has 0 radical (unpaired) electrons. The fraction of sp³-hybridized carbons (Fsp3) is 0.368. The van der Waals surface area contributed by atoms with Gasteiger partial charge >= 0.3 is 24.7 Å². The third kappa shape index (κ3) is 6.87. The van der Waals surface area contributed by atoms with Gasteiger partial charge in [0.05, 0.1) is 63.9 Å². The van der Waals surface area contributed by atoms with Crippen molar-refractivity contribution in [3.8, 4) is 5.75 Å². The molecule has 3 aromatic rings. The number of carbonyl (C=O) groups excluding carboxylic acids is 4. The maximum absolute atomic E-state index is 14.4. The maximum Gasteiger partial charge on any atom is 0.416 e. The van der Waals surface area contributed by atoms with Crippen LogP contribution in [0.1, 0.15) is 46.6 Å². The van der Waals surface area contributed by atoms with Crippen LogP contribution in [-0.2, 0) is 43.9 Å². The van der Waals surface area contributed by atoms with Gasteiger partial charge in [-0.25, -0.2) is 9.80 Å². The highest BCUT2D eigenvalue weighted by Crippen LogP contribution is 2.60. The van der Waals surface area contributed by atoms with Crippen molar-refractivity contribution in [3.05, 3.63) is 100 Å². The van der Waals surface area contributed by atoms with E-state index >= 15 is 0 Å². The van der Waals surface area contributed by atoms with Crippen LogP contribution in [0.15, 0.2) is 72.3 Å². The van der Waals surface area contributed by atoms with E-state index in [0.29, 0.717) is 0 Å². The molecule has 20 heteroatoms. The number of para-hydroxylation sites is 1. The first-order chi connectivity index (χ1) is 26.9. The number of benzene rings is 3. The van der Waals surface area contributed by atoms with Crippen LogP contribution in [-0.4, -0.2) is 41.9 Å². The number of hydrogen-bond donors (Lipinski definition) is 1. The average molecular weight is 835 g/mol. The van der Waals surface area contributed by atoms with Crippen molar-refractivity contribution in [1.82, 2.24) is 0 Å². The molecule has 0 spiro atoms. The largest absolute Gasteiger partial charge is 0.491 e. The van der Waals surface area contributed by atoms with Gasteiger partial charge in [-0.15, -0.1) is 0 Å². The fourth-order valence-corrected chi connectivity index (χ4v) is 8.61. The summed E-state index contributed by atoms with van der Waals surface area (Å²) in [6.45, 7) is -0.826. The molecule has 2 saturated heterocycles. The van der Waals surface area contributed by atoms with Crippen molar-refractivity contribution in [1.29, 1.82) is 0 Å². The Morgan fingerprint density at radius 1 is 0.586 bits per heavy atom. The number of aliphatic hydroxyl groups excluding tert-OH is 1. The minimum absolute atomic E-state index is 0.0141. The number of alkyl halides is 12. The lowest BCUT2D eigenvalue weighted by atomic mass is 9.57. The van der Waals surface area contributed by atoms with E-state index in [-0.39, 0.29) is 76.1 Å². The molecule has 0 bridgehead atoms. The Hall–Kier alpha value is -5.40. The number of carbonyl (C=O) groups is 4. The number of amides is 4. The number of aliphatic hydroxyl groups is 1. The lowest BCUT2D eigenvalue weighted by Crippen LogP contribution is -2.43. The molecule has 6 atom stereocenters. The Morgan fingerprint density at radius 3 is 1.50 bits per heavy atom. The summed E-state index contributed by atoms with van der Waals surface area (Å²) < 4.78 is 172. The van der Waals surface area contributed by atoms with Crippen molar-refractivity contribution < 1.29 is 81.7 Å². The van der Waals surface area contributed by atoms with Crippen LogP contribution in [0.25, 0.3) is 0 Å². The van der Waals surface area contributed by atoms with Crippen LogP contribution in [0.5, 0.6) is 5.75 Å². The van der Waals surface area contributed by atoms with E-state index in [1.54, 1.807) is 0 Å². The molecule has 4 aliphatic rings. The molecular weight excluding hydrogens is 808 g/mol. The fourth-order valence-electron chi connectivity index (χ4n) is 8.61. The highest BCUT2D eigenvalue weighted by Gasteiger charge is 2.63. The molecule has 0 aromatic heterocycles. The quantitative estimate of drug-likeness (QED) is 0.153. The molecule has 2 aliphatic carbocycles. The maximum atomic E-state index is 14.4. The summed E-state index contributed by atoms with van der Waals surface area (Å²) in [4.78, 5) is 57.1. The Morgan fingerprint density at radius 2 is 1.03 bits per heavy atom. The van der Waals surface area contributed by atoms with E-state index in [1.807, 2.05) is 0 Å². The van der Waals surface area contributed by atoms with Gasteiger partial charge in [0.15, 0.2) is 0 Å². The van der Waals surface area contributed by atoms with Crippen molar-refractivity contribution >= 4 is 35.0 Å². The molecule has 4 amide bonds. The molecule has 3 aromatic carbocycles. The zero-order valence-electron chi connectivity index (χ0n) is 29.1. The first kappa shape index (κ1) is 40.8. The molecule has 7 rings (SSSR count). The van der Waals surface area contributed by atoms with E-state index in [9.17, 15) is 77.0 Å². The monoisotopic (exact) mass is 834 g/mol. The number of allylic oxidation sites excluding steroid dienone is 2. The zero-order chi connectivity index (χ0) is 42.4. The Kier molecular flexibility index (Phi) is 9.75. The van der Waals surface area contributed by atoms with E-state index in [2.05, 4.69) is 0 Å². The van der Waals surface area contributed by atoms with Crippen LogP contribution >= 0.6 is 0 Å². The van der Waals surface area contributed by atoms with Crippen LogP contribution in [0, 0.1) is 29.6 Å². The number of ether oxygens (including phenoxy) is 1. The summed E-state index contributed by atoms with van der Waals surface area (Å²) >= 11 is 0. The number of nitrogens with zero attached hydrogens (tertiary/aromatic N) is 2. The molecule has 58 heavy (non-hydrogen) atoms. The first-order valence-electron chi connectivity index (χ1n) is 17.3. The number of rotatable bonds is 6. The Bertz CT molecular complexity index is 2180. The van der Waals surface area contributed by atoms with Gasteiger partial charge in [-0.3, -0.25) is 19.2 Å². The molecule has 3 fully saturated rings. The minimum atomic E-state index is -5.36. The summed E-state index contributed by atoms with van der Waals surface area (Å²) in [6.07, 6.45) is -20.9. The molecule has 0 unspecified atom stereocenters. The topological polar surface area (TPSA) is 104 Å². The summed E-state index contributed by atoms with van der Waals surface area (Å²) in [5, 5.41) is 9.46. The predicted octanol–water partition coefficient (Wildman–Crippen LogP) is 8.18. The molecule has 1 saturated carbocycles. The number of hydrogen-bond acceptors (Lipinski definition) is 6. The lowest BCUT2D eigenvalue weighted by molar-refractivity contribution is -0.144. The highest BCUT2D eigenvalue weighted by atomic mass is 19.4. The smallest absolute Gasteiger partial charge is 0.416 e. The minimum Gasteiger partial charge on any atom is -0.491 e. The van der Waals surface area contributed by atoms with Crippen LogP contribution in [0.3, 0.4) is 0 Å². The SMILES string of the molecule is O=C1[C@H]2[C@H](CC=C3[C@H]2C[C@H]2C(=O)N(c4cc(C(F)(F)F)cc(C(F)(F)F)c4)C(=O)[C@H]2[C@H]3c2ccccc2OCCO)C(=O)N1c1cc(C(F)(F)F)cc(C(F)(F)F)c1. The summed E-state index contributed by atoms with van der Waals surface area (Å²) in [5.74, 6) is -13.5. The standard InChI is InChI=1S/C38H26F12N2O6/c39-35(40,41)16-9-17(36(42,43)44)12-20(11-16)51-31(54)24-6-5-22-25(29(24)33(51)56)15-26-30(28(22)23-3-1-2-4-27(23)58-8-7-53)34(57)52(32(26)55)21-13-18(37(45,46)47)10-19(14-21)38(48,49)50/h1-5,9-14,24-26,28-30,53H,6-8,15H2/t24-,25+,26+,28+,29-,30+/m0/s1. The number of imide groups is 2. The van der Waals surface area contributed by atoms with Crippen LogP contribution < -0.4 is 14.5 Å². The van der Waals surface area contributed by atoms with Gasteiger partial charge in [0.25, 0.3) is 0 Å². The second kappa shape index (κ2) is 13.9. The van der Waals surface area contributed by atoms with Crippen molar-refractivity contribution in [3.63, 3.8) is 0 Å². The van der Waals surface area contributed by atoms with Gasteiger partial charge in [0.1, 0.15) is 12.4 Å². The number of halogens is 12. The average Bonchev–Trinajstić information content (AvgIpc) is 3.54. The van der Waals surface area contributed by atoms with Crippen molar-refractivity contribution in [2.45, 2.75) is 43.5 Å². The van der Waals surface area contributed by atoms with Crippen LogP contribution in [0.2, 0.25) is 0 Å². The van der Waals surface area contributed by atoms with E-state index in [4.69, 9.17) is 4.74 Å². The molecule has 2 heterocycles. The van der Waals surface area contributed by atoms with Gasteiger partial charge in [0.2, 0.25) is 23.6 Å². The van der Waals surface area contributed by atoms with Gasteiger partial charge in [-0.1, -0.05) is 29.8 Å². The van der Waals surface area contributed by atoms with Crippen molar-refractivity contribution in [2.24, 2.45) is 29.6 Å². The molecule has 2 aliphatic heterocycles. The van der Waals surface area contributed by atoms with E-state index in [1.165, 1.54) is 30.3 Å². The second-order valence-corrected chi connectivity index (χ2v) is 14.2. The van der Waals surface area contributed by atoms with Crippen molar-refractivity contribution in [2.75, 3.05) is 23.0 Å². The third-order valence-electron chi connectivity index (χ3n) is 10.9. The van der Waals surface area contributed by atoms with Gasteiger partial charge in [-0.2, -0.15) is 52.7 Å². The zero-order valence-corrected chi connectivity index (χ0v) is 29.1. The number of anilines is 2. The molecular formula is C38H26F12N2O6. The second-order valence-electron chi connectivity index (χ2n) is 14.2. The first-order valence-corrected chi connectivity index (χ1v) is 17.3. The summed E-state index contributed by atoms with van der Waals surface area (Å²) in [6, 6.07) is 6.16. The normalized spacial score (nSPS) is 25.2. The Labute approximate surface area is 318 Å². The molecule has 1 N–H and O–H groups in total. The van der Waals surface area contributed by atoms with E-state index in [0.717, 1.165) is 0 Å². The predicted molar refractivity (Wildman–Crippen MR) is 174 cm³/mol. The molecule has 8 nitrogen and oxygen atoms in total. The lowest BCUT2D eigenvalue weighted by Gasteiger charge is -2.44. The van der Waals surface area contributed by atoms with Crippen LogP contribution in [0.4, 0.5) is 64.1 Å². The van der Waals surface area contributed by atoms with Gasteiger partial charge in [0, 0.05) is 11.5 Å².